The summed E-state index contributed by atoms with van der Waals surface area (Å²) < 4.78 is 35.8. The zero-order valence-corrected chi connectivity index (χ0v) is 16.9. The summed E-state index contributed by atoms with van der Waals surface area (Å²) in [5.41, 5.74) is 2.74. The highest BCUT2D eigenvalue weighted by Crippen LogP contribution is 2.45. The van der Waals surface area contributed by atoms with Crippen LogP contribution in [0.25, 0.3) is 10.8 Å². The summed E-state index contributed by atoms with van der Waals surface area (Å²) in [7, 11) is 0. The average Bonchev–Trinajstić information content (AvgIpc) is 3.12. The van der Waals surface area contributed by atoms with Crippen molar-refractivity contribution in [3.05, 3.63) is 95.8 Å². The molecule has 1 amide bonds. The Morgan fingerprint density at radius 3 is 2.69 bits per heavy atom. The van der Waals surface area contributed by atoms with Crippen molar-refractivity contribution in [3.63, 3.8) is 0 Å². The van der Waals surface area contributed by atoms with Crippen LogP contribution in [0.5, 0.6) is 11.5 Å². The Kier molecular flexibility index (Phi) is 4.93. The molecule has 2 N–H and O–H groups in total. The highest BCUT2D eigenvalue weighted by Gasteiger charge is 2.44. The number of carbonyl (C=O) groups excluding carboxylic acids is 1. The van der Waals surface area contributed by atoms with Gasteiger partial charge < -0.3 is 14.8 Å². The number of benzene rings is 3. The van der Waals surface area contributed by atoms with Gasteiger partial charge in [0.25, 0.3) is 5.91 Å². The molecule has 0 unspecified atom stereocenters. The number of para-hydroxylation sites is 1. The van der Waals surface area contributed by atoms with Crippen LogP contribution < -0.4 is 19.8 Å². The van der Waals surface area contributed by atoms with E-state index in [1.807, 2.05) is 36.7 Å². The Morgan fingerprint density at radius 1 is 0.938 bits per heavy atom. The largest absolute Gasteiger partial charge is 0.586 e. The molecule has 160 valence electrons. The molecular weight excluding hydrogens is 414 g/mol. The van der Waals surface area contributed by atoms with Crippen molar-refractivity contribution >= 4 is 22.4 Å². The fourth-order valence-corrected chi connectivity index (χ4v) is 3.84. The van der Waals surface area contributed by atoms with Crippen LogP contribution >= 0.6 is 0 Å². The molecule has 5 nitrogen and oxygen atoms in total. The van der Waals surface area contributed by atoms with E-state index >= 15 is 0 Å². The molecule has 7 heteroatoms. The van der Waals surface area contributed by atoms with Crippen LogP contribution in [0.2, 0.25) is 0 Å². The molecule has 1 aliphatic rings. The number of pyridine rings is 1. The van der Waals surface area contributed by atoms with E-state index in [4.69, 9.17) is 0 Å². The number of H-pyrrole nitrogens is 1. The average molecular weight is 433 g/mol. The van der Waals surface area contributed by atoms with Crippen molar-refractivity contribution in [1.29, 1.82) is 0 Å². The van der Waals surface area contributed by atoms with Gasteiger partial charge in [0.1, 0.15) is 0 Å². The number of aromatic nitrogens is 1. The molecule has 0 radical (unpaired) electrons. The second-order valence-corrected chi connectivity index (χ2v) is 7.52. The number of fused-ring (bicyclic) bond motifs is 2. The Hall–Kier alpha value is -4.00. The molecular formula is C25H19F2N2O3+. The Bertz CT molecular complexity index is 1320. The zero-order valence-electron chi connectivity index (χ0n) is 16.9. The van der Waals surface area contributed by atoms with E-state index in [1.165, 1.54) is 29.1 Å². The van der Waals surface area contributed by atoms with Gasteiger partial charge in [-0.1, -0.05) is 36.4 Å². The van der Waals surface area contributed by atoms with Crippen LogP contribution in [0.1, 0.15) is 21.5 Å². The van der Waals surface area contributed by atoms with Crippen LogP contribution in [-0.4, -0.2) is 12.2 Å². The minimum atomic E-state index is -3.75. The molecule has 0 saturated carbocycles. The van der Waals surface area contributed by atoms with Crippen molar-refractivity contribution in [2.24, 2.45) is 0 Å². The molecule has 1 aliphatic heterocycles. The van der Waals surface area contributed by atoms with Gasteiger partial charge in [0, 0.05) is 16.5 Å². The van der Waals surface area contributed by atoms with Gasteiger partial charge in [-0.05, 0) is 54.1 Å². The smallest absolute Gasteiger partial charge is 0.395 e. The maximum Gasteiger partial charge on any atom is 0.586 e. The summed E-state index contributed by atoms with van der Waals surface area (Å²) >= 11 is 0. The fourth-order valence-electron chi connectivity index (χ4n) is 3.84. The number of amides is 1. The lowest BCUT2D eigenvalue weighted by Gasteiger charge is -2.10. The number of hydrogen-bond acceptors (Lipinski definition) is 3. The number of aryl methyl sites for hydroxylation is 2. The second kappa shape index (κ2) is 7.92. The van der Waals surface area contributed by atoms with Crippen LogP contribution in [0.15, 0.2) is 79.1 Å². The van der Waals surface area contributed by atoms with Crippen molar-refractivity contribution in [2.75, 3.05) is 5.32 Å². The topological polar surface area (TPSA) is 61.7 Å². The lowest BCUT2D eigenvalue weighted by molar-refractivity contribution is -0.376. The molecule has 32 heavy (non-hydrogen) atoms. The SMILES string of the molecule is O=C(Nc1cccc2c1OC(F)(F)O2)c1cccc(CCc2c[nH+]cc3ccccc23)c1. The van der Waals surface area contributed by atoms with Gasteiger partial charge in [0.2, 0.25) is 0 Å². The summed E-state index contributed by atoms with van der Waals surface area (Å²) in [6.45, 7) is 0. The highest BCUT2D eigenvalue weighted by atomic mass is 19.3. The van der Waals surface area contributed by atoms with Crippen molar-refractivity contribution in [2.45, 2.75) is 19.1 Å². The predicted octanol–water partition coefficient (Wildman–Crippen LogP) is 5.01. The van der Waals surface area contributed by atoms with Crippen LogP contribution in [0.3, 0.4) is 0 Å². The third kappa shape index (κ3) is 3.97. The van der Waals surface area contributed by atoms with E-state index in [1.54, 1.807) is 12.1 Å². The number of alkyl halides is 2. The number of ether oxygens (including phenoxy) is 2. The summed E-state index contributed by atoms with van der Waals surface area (Å²) in [4.78, 5) is 16.0. The van der Waals surface area contributed by atoms with Gasteiger partial charge in [-0.3, -0.25) is 4.79 Å². The first-order valence-electron chi connectivity index (χ1n) is 10.2. The fraction of sp³-hybridized carbons (Fsp3) is 0.120. The summed E-state index contributed by atoms with van der Waals surface area (Å²) in [5.74, 6) is -0.722. The first-order valence-corrected chi connectivity index (χ1v) is 10.2. The Morgan fingerprint density at radius 2 is 1.78 bits per heavy atom. The molecule has 0 spiro atoms. The van der Waals surface area contributed by atoms with E-state index in [0.29, 0.717) is 5.56 Å². The maximum absolute atomic E-state index is 13.4. The van der Waals surface area contributed by atoms with E-state index in [0.717, 1.165) is 23.8 Å². The standard InChI is InChI=1S/C25H18F2N2O3/c26-25(27)31-22-10-4-9-21(23(22)32-25)29-24(30)17-7-3-5-16(13-17)11-12-19-15-28-14-18-6-1-2-8-20(18)19/h1-10,13-15H,11-12H2,(H,29,30)/p+1. The first kappa shape index (κ1) is 19.9. The van der Waals surface area contributed by atoms with E-state index < -0.39 is 12.2 Å². The van der Waals surface area contributed by atoms with E-state index in [2.05, 4.69) is 31.9 Å². The molecule has 5 rings (SSSR count). The molecule has 2 heterocycles. The summed E-state index contributed by atoms with van der Waals surface area (Å²) in [6.07, 6.45) is 1.76. The quantitative estimate of drug-likeness (QED) is 0.481. The minimum Gasteiger partial charge on any atom is -0.395 e. The van der Waals surface area contributed by atoms with Gasteiger partial charge in [-0.25, -0.2) is 4.98 Å². The molecule has 0 aliphatic carbocycles. The van der Waals surface area contributed by atoms with Gasteiger partial charge >= 0.3 is 6.29 Å². The maximum atomic E-state index is 13.4. The summed E-state index contributed by atoms with van der Waals surface area (Å²) in [5, 5.41) is 4.97. The molecule has 0 bridgehead atoms. The Balaban J connectivity index is 1.32. The predicted molar refractivity (Wildman–Crippen MR) is 115 cm³/mol. The number of hydrogen-bond donors (Lipinski definition) is 1. The summed E-state index contributed by atoms with van der Waals surface area (Å²) in [6, 6.07) is 19.8. The van der Waals surface area contributed by atoms with Crippen LogP contribution in [-0.2, 0) is 12.8 Å². The highest BCUT2D eigenvalue weighted by molar-refractivity contribution is 6.05. The number of rotatable bonds is 5. The second-order valence-electron chi connectivity index (χ2n) is 7.52. The first-order chi connectivity index (χ1) is 15.5. The lowest BCUT2D eigenvalue weighted by atomic mass is 10.00. The number of carbonyl (C=O) groups is 1. The number of nitrogens with one attached hydrogen (secondary N) is 2. The lowest BCUT2D eigenvalue weighted by Crippen LogP contribution is -2.26. The van der Waals surface area contributed by atoms with Crippen LogP contribution in [0, 0.1) is 0 Å². The molecule has 1 aromatic heterocycles. The van der Waals surface area contributed by atoms with E-state index in [9.17, 15) is 13.6 Å². The zero-order chi connectivity index (χ0) is 22.1. The normalized spacial score (nSPS) is 13.8. The van der Waals surface area contributed by atoms with Crippen LogP contribution in [0.4, 0.5) is 14.5 Å². The van der Waals surface area contributed by atoms with Gasteiger partial charge in [-0.15, -0.1) is 8.78 Å². The van der Waals surface area contributed by atoms with Gasteiger partial charge in [0.15, 0.2) is 23.9 Å². The molecule has 4 aromatic rings. The van der Waals surface area contributed by atoms with E-state index in [-0.39, 0.29) is 17.2 Å². The Labute approximate surface area is 182 Å². The number of aromatic amines is 1. The molecule has 0 atom stereocenters. The minimum absolute atomic E-state index is 0.117. The molecule has 0 fully saturated rings. The van der Waals surface area contributed by atoms with Gasteiger partial charge in [-0.2, -0.15) is 0 Å². The molecule has 0 saturated heterocycles. The monoisotopic (exact) mass is 433 g/mol. The third-order valence-corrected chi connectivity index (χ3v) is 5.35. The number of halogens is 2. The van der Waals surface area contributed by atoms with Gasteiger partial charge in [0.05, 0.1) is 5.69 Å². The van der Waals surface area contributed by atoms with Crippen molar-refractivity contribution < 1.29 is 28.0 Å². The number of anilines is 1. The molecule has 3 aromatic carbocycles. The van der Waals surface area contributed by atoms with Crippen molar-refractivity contribution in [1.82, 2.24) is 0 Å². The van der Waals surface area contributed by atoms with Crippen molar-refractivity contribution in [3.8, 4) is 11.5 Å². The third-order valence-electron chi connectivity index (χ3n) is 5.35.